The smallest absolute Gasteiger partial charge is 0 e. The van der Waals surface area contributed by atoms with Gasteiger partial charge in [-0.1, -0.05) is 0 Å². The Morgan fingerprint density at radius 3 is 1.00 bits per heavy atom. The third-order valence-electron chi connectivity index (χ3n) is 0. The van der Waals surface area contributed by atoms with E-state index in [1.54, 1.807) is 0 Å². The minimum absolute atomic E-state index is 0. The molecule has 0 atom stereocenters. The summed E-state index contributed by atoms with van der Waals surface area (Å²) < 4.78 is 0. The molecule has 0 aliphatic rings. The Bertz CT molecular complexity index is 8.00. The largest absolute Gasteiger partial charge is 0 e. The summed E-state index contributed by atoms with van der Waals surface area (Å²) in [6.07, 6.45) is 0. The summed E-state index contributed by atoms with van der Waals surface area (Å²) in [7, 11) is 0. The Balaban J connectivity index is 0. The fourth-order valence-electron chi connectivity index (χ4n) is 0. The Labute approximate surface area is 80.8 Å². The van der Waals surface area contributed by atoms with Crippen LogP contribution in [0.4, 0.5) is 0 Å². The molecule has 0 amide bonds. The molecule has 0 rings (SSSR count). The maximum absolute atomic E-state index is 0. The molecule has 0 saturated carbocycles. The van der Waals surface area contributed by atoms with Crippen LogP contribution in [0.2, 0.25) is 0 Å². The summed E-state index contributed by atoms with van der Waals surface area (Å²) in [5.74, 6) is 0. The van der Waals surface area contributed by atoms with Gasteiger partial charge in [0.05, 0.1) is 0 Å². The van der Waals surface area contributed by atoms with Crippen molar-refractivity contribution < 1.29 is 82.0 Å². The zero-order valence-corrected chi connectivity index (χ0v) is 10.1. The fourth-order valence-corrected chi connectivity index (χ4v) is 0. The number of hydrogen-bond donors (Lipinski definition) is 0. The molecule has 4 heavy (non-hydrogen) atoms. The van der Waals surface area contributed by atoms with E-state index in [0.717, 1.165) is 0 Å². The normalized spacial score (nSPS) is 0. The van der Waals surface area contributed by atoms with Gasteiger partial charge in [0.2, 0.25) is 0 Å². The van der Waals surface area contributed by atoms with Gasteiger partial charge in [-0.3, -0.25) is 0 Å². The van der Waals surface area contributed by atoms with Crippen molar-refractivity contribution in [3.63, 3.8) is 0 Å². The van der Waals surface area contributed by atoms with Gasteiger partial charge in [0.1, 0.15) is 0 Å². The van der Waals surface area contributed by atoms with Gasteiger partial charge in [0, 0.05) is 82.0 Å². The van der Waals surface area contributed by atoms with Crippen molar-refractivity contribution in [2.24, 2.45) is 0 Å². The first-order valence-electron chi connectivity index (χ1n) is 0. The second kappa shape index (κ2) is 17.4. The summed E-state index contributed by atoms with van der Waals surface area (Å²) >= 11 is 0. The van der Waals surface area contributed by atoms with E-state index in [1.807, 2.05) is 0 Å². The average Bonchev–Trinajstić information content (AvgIpc) is 0. The van der Waals surface area contributed by atoms with Crippen LogP contribution in [0, 0.1) is 0 Å². The number of hydrogen-bond acceptors (Lipinski definition) is 0. The van der Waals surface area contributed by atoms with Crippen molar-refractivity contribution in [3.8, 4) is 0 Å². The van der Waals surface area contributed by atoms with Gasteiger partial charge in [-0.15, -0.1) is 0 Å². The summed E-state index contributed by atoms with van der Waals surface area (Å²) in [6.45, 7) is 0. The van der Waals surface area contributed by atoms with Gasteiger partial charge in [-0.05, 0) is 0 Å². The van der Waals surface area contributed by atoms with Crippen LogP contribution < -0.4 is 0 Å². The van der Waals surface area contributed by atoms with Crippen molar-refractivity contribution in [3.05, 3.63) is 0 Å². The molecule has 4 heteroatoms. The molecule has 0 heterocycles. The van der Waals surface area contributed by atoms with Crippen LogP contribution >= 0.6 is 0 Å². The fraction of sp³-hybridized carbons (Fsp3) is 0. The van der Waals surface area contributed by atoms with Crippen molar-refractivity contribution in [1.82, 2.24) is 0 Å². The van der Waals surface area contributed by atoms with Gasteiger partial charge < -0.3 is 0 Å². The van der Waals surface area contributed by atoms with E-state index >= 15 is 0 Å². The van der Waals surface area contributed by atoms with Crippen LogP contribution in [0.25, 0.3) is 0 Å². The standard InChI is InChI=1S/Mo.Pt.Re.Rh. The van der Waals surface area contributed by atoms with Crippen molar-refractivity contribution in [1.29, 1.82) is 0 Å². The predicted molar refractivity (Wildman–Crippen MR) is 0 cm³/mol. The van der Waals surface area contributed by atoms with E-state index < -0.39 is 0 Å². The van der Waals surface area contributed by atoms with Crippen LogP contribution in [0.15, 0.2) is 0 Å². The first-order valence-corrected chi connectivity index (χ1v) is 0. The molecule has 32 valence electrons. The Hall–Kier alpha value is 2.66. The van der Waals surface area contributed by atoms with Gasteiger partial charge in [-0.25, -0.2) is 0 Å². The minimum Gasteiger partial charge on any atom is 0 e. The molecule has 0 aliphatic carbocycles. The zero-order chi connectivity index (χ0) is 0. The molecule has 0 N–H and O–H groups in total. The van der Waals surface area contributed by atoms with Crippen LogP contribution in [-0.2, 0) is 82.0 Å². The molecule has 0 unspecified atom stereocenters. The molecule has 2 radical (unpaired) electrons. The second-order valence-corrected chi connectivity index (χ2v) is 0. The molecular formula is MoPtReRh. The molecule has 0 aliphatic heterocycles. The molecule has 0 bridgehead atoms. The van der Waals surface area contributed by atoms with E-state index in [1.165, 1.54) is 0 Å². The number of rotatable bonds is 0. The Morgan fingerprint density at radius 1 is 1.00 bits per heavy atom. The monoisotopic (exact) mass is 583 g/mol. The first kappa shape index (κ1) is 30.1. The van der Waals surface area contributed by atoms with Crippen LogP contribution in [-0.4, -0.2) is 0 Å². The van der Waals surface area contributed by atoms with Gasteiger partial charge in [0.25, 0.3) is 0 Å². The molecule has 0 spiro atoms. The van der Waals surface area contributed by atoms with Gasteiger partial charge >= 0.3 is 0 Å². The van der Waals surface area contributed by atoms with Crippen molar-refractivity contribution in [2.75, 3.05) is 0 Å². The van der Waals surface area contributed by atoms with E-state index in [2.05, 4.69) is 0 Å². The molecular weight excluding hydrogens is 580 g/mol. The molecule has 0 aromatic carbocycles. The zero-order valence-electron chi connectivity index (χ0n) is 1.44. The van der Waals surface area contributed by atoms with E-state index in [0.29, 0.717) is 0 Å². The summed E-state index contributed by atoms with van der Waals surface area (Å²) in [5.41, 5.74) is 0. The van der Waals surface area contributed by atoms with Gasteiger partial charge in [-0.2, -0.15) is 0 Å². The van der Waals surface area contributed by atoms with E-state index in [4.69, 9.17) is 0 Å². The maximum Gasteiger partial charge on any atom is 0 e. The van der Waals surface area contributed by atoms with Crippen LogP contribution in [0.1, 0.15) is 0 Å². The summed E-state index contributed by atoms with van der Waals surface area (Å²) in [5, 5.41) is 0. The first-order chi connectivity index (χ1) is 0. The molecule has 0 aromatic heterocycles. The quantitative estimate of drug-likeness (QED) is 0.354. The summed E-state index contributed by atoms with van der Waals surface area (Å²) in [6, 6.07) is 0. The van der Waals surface area contributed by atoms with E-state index in [-0.39, 0.29) is 82.0 Å². The topological polar surface area (TPSA) is 0 Å². The third-order valence-corrected chi connectivity index (χ3v) is 0. The van der Waals surface area contributed by atoms with Crippen molar-refractivity contribution in [2.45, 2.75) is 0 Å². The minimum atomic E-state index is 0. The Kier molecular flexibility index (Phi) is 131. The van der Waals surface area contributed by atoms with Crippen LogP contribution in [0.5, 0.6) is 0 Å². The van der Waals surface area contributed by atoms with Crippen molar-refractivity contribution >= 4 is 0 Å². The van der Waals surface area contributed by atoms with E-state index in [9.17, 15) is 0 Å². The molecule has 0 fully saturated rings. The molecule has 0 aromatic rings. The molecule has 0 saturated heterocycles. The predicted octanol–water partition coefficient (Wildman–Crippen LogP) is -0.0100. The summed E-state index contributed by atoms with van der Waals surface area (Å²) in [4.78, 5) is 0. The third kappa shape index (κ3) is 8.82. The Morgan fingerprint density at radius 2 is 1.00 bits per heavy atom. The van der Waals surface area contributed by atoms with Gasteiger partial charge in [0.15, 0.2) is 0 Å². The SMILES string of the molecule is [Mo].[Pt].[Re].[Rh]. The maximum atomic E-state index is 0. The second-order valence-electron chi connectivity index (χ2n) is 0. The average molecular weight is 580 g/mol. The molecule has 0 nitrogen and oxygen atoms in total. The van der Waals surface area contributed by atoms with Crippen LogP contribution in [0.3, 0.4) is 0 Å².